The van der Waals surface area contributed by atoms with E-state index in [2.05, 4.69) is 5.32 Å². The summed E-state index contributed by atoms with van der Waals surface area (Å²) in [4.78, 5) is 0. The van der Waals surface area contributed by atoms with Crippen molar-refractivity contribution in [3.8, 4) is 0 Å². The molecule has 0 atom stereocenters. The summed E-state index contributed by atoms with van der Waals surface area (Å²) in [6.07, 6.45) is 1.94. The summed E-state index contributed by atoms with van der Waals surface area (Å²) >= 11 is 0. The van der Waals surface area contributed by atoms with E-state index < -0.39 is 0 Å². The lowest BCUT2D eigenvalue weighted by atomic mass is 10.5. The highest BCUT2D eigenvalue weighted by Gasteiger charge is 1.96. The van der Waals surface area contributed by atoms with Crippen LogP contribution in [0.4, 0.5) is 0 Å². The molecule has 3 heteroatoms. The van der Waals surface area contributed by atoms with Crippen molar-refractivity contribution in [3.05, 3.63) is 12.0 Å². The highest BCUT2D eigenvalue weighted by molar-refractivity contribution is 4.87. The fraction of sp³-hybridized carbons (Fsp3) is 0.600. The van der Waals surface area contributed by atoms with Gasteiger partial charge in [0.1, 0.15) is 0 Å². The number of nitrogens with one attached hydrogen (secondary N) is 1. The zero-order valence-electron chi connectivity index (χ0n) is 5.14. The van der Waals surface area contributed by atoms with E-state index in [1.54, 1.807) is 4.74 Å². The quantitative estimate of drug-likeness (QED) is 0.600. The van der Waals surface area contributed by atoms with Crippen molar-refractivity contribution >= 4 is 0 Å². The smallest absolute Gasteiger partial charge is 0.165 e. The highest BCUT2D eigenvalue weighted by atomic mass is 16.5. The molecule has 1 heterocycles. The van der Waals surface area contributed by atoms with E-state index in [9.17, 15) is 0 Å². The summed E-state index contributed by atoms with van der Waals surface area (Å²) in [5.41, 5.74) is 0. The van der Waals surface area contributed by atoms with Crippen LogP contribution in [0.3, 0.4) is 0 Å². The molecular weight excluding hydrogens is 104 g/mol. The Hall–Kier alpha value is -0.700. The van der Waals surface area contributed by atoms with E-state index in [-0.39, 0.29) is 0 Å². The minimum absolute atomic E-state index is 0.824. The van der Waals surface area contributed by atoms with Crippen molar-refractivity contribution in [3.63, 3.8) is 0 Å². The molecule has 0 unspecified atom stereocenters. The Morgan fingerprint density at radius 3 is 2.88 bits per heavy atom. The van der Waals surface area contributed by atoms with Gasteiger partial charge in [-0.2, -0.15) is 0 Å². The number of hydrogen-bond donors (Lipinski definition) is 1. The molecule has 1 rings (SSSR count). The van der Waals surface area contributed by atoms with Crippen LogP contribution in [0.25, 0.3) is 0 Å². The van der Waals surface area contributed by atoms with Crippen LogP contribution in [0.15, 0.2) is 10.7 Å². The molecule has 0 aliphatic carbocycles. The van der Waals surface area contributed by atoms with Crippen molar-refractivity contribution in [2.75, 3.05) is 7.05 Å². The van der Waals surface area contributed by atoms with Gasteiger partial charge < -0.3 is 9.84 Å². The molecule has 0 saturated heterocycles. The fourth-order valence-corrected chi connectivity index (χ4v) is 0.641. The van der Waals surface area contributed by atoms with Gasteiger partial charge in [-0.3, -0.25) is 0 Å². The molecule has 0 saturated carbocycles. The zero-order chi connectivity index (χ0) is 5.98. The van der Waals surface area contributed by atoms with Gasteiger partial charge in [0.25, 0.3) is 0 Å². The van der Waals surface area contributed by atoms with Gasteiger partial charge in [0.15, 0.2) is 5.76 Å². The molecule has 0 aliphatic heterocycles. The number of hydrogen-bond acceptors (Lipinski definition) is 2. The summed E-state index contributed by atoms with van der Waals surface area (Å²) in [5.74, 6) is 0.995. The van der Waals surface area contributed by atoms with E-state index in [0.717, 1.165) is 12.3 Å². The molecule has 3 nitrogen and oxygen atoms in total. The summed E-state index contributed by atoms with van der Waals surface area (Å²) in [6.45, 7) is 0.824. The predicted molar refractivity (Wildman–Crippen MR) is 30.4 cm³/mol. The molecule has 0 bridgehead atoms. The second kappa shape index (κ2) is 2.05. The van der Waals surface area contributed by atoms with Gasteiger partial charge >= 0.3 is 0 Å². The first-order valence-corrected chi connectivity index (χ1v) is 2.59. The van der Waals surface area contributed by atoms with Gasteiger partial charge in [0, 0.05) is 7.05 Å². The molecule has 0 amide bonds. The Balaban J connectivity index is 2.35. The first-order valence-electron chi connectivity index (χ1n) is 2.59. The number of nitrogens with zero attached hydrogens (tertiary/aromatic N) is 1. The minimum atomic E-state index is 0.824. The van der Waals surface area contributed by atoms with Gasteiger partial charge in [-0.1, -0.05) is 0 Å². The largest absolute Gasteiger partial charge is 0.382 e. The van der Waals surface area contributed by atoms with Crippen LogP contribution < -0.4 is 5.32 Å². The highest BCUT2D eigenvalue weighted by Crippen LogP contribution is 1.98. The maximum Gasteiger partial charge on any atom is 0.165 e. The Labute approximate surface area is 48.2 Å². The van der Waals surface area contributed by atoms with Crippen LogP contribution in [-0.4, -0.2) is 11.8 Å². The summed E-state index contributed by atoms with van der Waals surface area (Å²) in [6, 6.07) is 0. The lowest BCUT2D eigenvalue weighted by Gasteiger charge is -2.06. The van der Waals surface area contributed by atoms with E-state index in [0.29, 0.717) is 0 Å². The Morgan fingerprint density at radius 1 is 1.88 bits per heavy atom. The summed E-state index contributed by atoms with van der Waals surface area (Å²) < 4.78 is 6.68. The van der Waals surface area contributed by atoms with Gasteiger partial charge in [0.05, 0.1) is 12.7 Å². The van der Waals surface area contributed by atoms with Crippen LogP contribution in [-0.2, 0) is 13.6 Å². The van der Waals surface area contributed by atoms with E-state index in [1.807, 2.05) is 20.3 Å². The van der Waals surface area contributed by atoms with Crippen LogP contribution >= 0.6 is 0 Å². The second-order valence-electron chi connectivity index (χ2n) is 1.76. The average molecular weight is 114 g/mol. The molecule has 0 spiro atoms. The lowest BCUT2D eigenvalue weighted by molar-refractivity contribution is 0.211. The molecule has 1 N–H and O–H groups in total. The summed E-state index contributed by atoms with van der Waals surface area (Å²) in [7, 11) is 3.75. The minimum Gasteiger partial charge on any atom is -0.382 e. The Kier molecular flexibility index (Phi) is 1.39. The fourth-order valence-electron chi connectivity index (χ4n) is 0.641. The van der Waals surface area contributed by atoms with Crippen LogP contribution in [0.2, 0.25) is 0 Å². The third kappa shape index (κ3) is 0.924. The number of aromatic nitrogens is 1. The maximum absolute atomic E-state index is 5.01. The van der Waals surface area contributed by atoms with E-state index >= 15 is 0 Å². The number of aryl methyl sites for hydroxylation is 1. The predicted octanol–water partition coefficient (Wildman–Crippen LogP) is 0.337. The van der Waals surface area contributed by atoms with Crippen LogP contribution in [0.5, 0.6) is 0 Å². The van der Waals surface area contributed by atoms with Gasteiger partial charge in [-0.05, 0) is 7.05 Å². The SMILES string of the molecule is CNCc1cn(C)o1. The molecule has 0 aliphatic rings. The third-order valence-corrected chi connectivity index (χ3v) is 0.938. The first-order chi connectivity index (χ1) is 3.83. The monoisotopic (exact) mass is 114 g/mol. The number of rotatable bonds is 2. The molecule has 8 heavy (non-hydrogen) atoms. The third-order valence-electron chi connectivity index (χ3n) is 0.938. The maximum atomic E-state index is 5.01. The van der Waals surface area contributed by atoms with Gasteiger partial charge in [-0.15, -0.1) is 0 Å². The second-order valence-corrected chi connectivity index (χ2v) is 1.76. The molecular formula is C5H10N2O. The molecule has 1 aromatic rings. The van der Waals surface area contributed by atoms with Crippen molar-refractivity contribution < 1.29 is 4.52 Å². The van der Waals surface area contributed by atoms with E-state index in [4.69, 9.17) is 4.52 Å². The molecule has 46 valence electrons. The van der Waals surface area contributed by atoms with Crippen molar-refractivity contribution in [1.29, 1.82) is 0 Å². The van der Waals surface area contributed by atoms with Crippen LogP contribution in [0, 0.1) is 0 Å². The summed E-state index contributed by atoms with van der Waals surface area (Å²) in [5, 5.41) is 2.97. The molecule has 1 aromatic heterocycles. The van der Waals surface area contributed by atoms with Gasteiger partial charge in [0.2, 0.25) is 0 Å². The van der Waals surface area contributed by atoms with Crippen molar-refractivity contribution in [1.82, 2.24) is 10.1 Å². The van der Waals surface area contributed by atoms with E-state index in [1.165, 1.54) is 0 Å². The first kappa shape index (κ1) is 5.44. The standard InChI is InChI=1S/C5H10N2O/c1-6-3-5-4-7(2)8-5/h4,6H,3H2,1-2H3. The molecule has 0 fully saturated rings. The Bertz CT molecular complexity index is 142. The van der Waals surface area contributed by atoms with Crippen molar-refractivity contribution in [2.24, 2.45) is 7.05 Å². The lowest BCUT2D eigenvalue weighted by Crippen LogP contribution is -2.10. The zero-order valence-corrected chi connectivity index (χ0v) is 5.14. The average Bonchev–Trinajstić information content (AvgIpc) is 1.64. The normalized spacial score (nSPS) is 10.2. The van der Waals surface area contributed by atoms with Gasteiger partial charge in [-0.25, -0.2) is 4.74 Å². The molecule has 0 radical (unpaired) electrons. The molecule has 0 aromatic carbocycles. The topological polar surface area (TPSA) is 30.1 Å². The van der Waals surface area contributed by atoms with Crippen LogP contribution in [0.1, 0.15) is 5.76 Å². The van der Waals surface area contributed by atoms with Crippen molar-refractivity contribution in [2.45, 2.75) is 6.54 Å². The Morgan fingerprint density at radius 2 is 2.50 bits per heavy atom.